The molecule has 2 saturated heterocycles. The second-order valence-corrected chi connectivity index (χ2v) is 8.17. The molecule has 3 aliphatic rings. The van der Waals surface area contributed by atoms with Crippen LogP contribution in [0.5, 0.6) is 0 Å². The lowest BCUT2D eigenvalue weighted by Crippen LogP contribution is -2.50. The lowest BCUT2D eigenvalue weighted by atomic mass is 9.77. The summed E-state index contributed by atoms with van der Waals surface area (Å²) in [5, 5.41) is 2.86. The highest BCUT2D eigenvalue weighted by Gasteiger charge is 2.52. The standard InChI is InChI=1S/C17H28N4O3/c1-12-3-5-17(6-4-12)14(23)21(15(24)19-17)9-13(22)20-8-7-16(2,10-18)11-20/h12H,3-11,18H2,1-2H3,(H,19,24). The molecular weight excluding hydrogens is 308 g/mol. The molecule has 1 saturated carbocycles. The number of imide groups is 1. The fraction of sp³-hybridized carbons (Fsp3) is 0.824. The van der Waals surface area contributed by atoms with Crippen molar-refractivity contribution in [1.29, 1.82) is 0 Å². The van der Waals surface area contributed by atoms with Gasteiger partial charge in [-0.05, 0) is 50.0 Å². The number of amides is 4. The largest absolute Gasteiger partial charge is 0.341 e. The van der Waals surface area contributed by atoms with Crippen molar-refractivity contribution in [2.75, 3.05) is 26.2 Å². The molecule has 1 atom stereocenters. The Morgan fingerprint density at radius 1 is 1.29 bits per heavy atom. The van der Waals surface area contributed by atoms with E-state index in [9.17, 15) is 14.4 Å². The van der Waals surface area contributed by atoms with Gasteiger partial charge in [-0.25, -0.2) is 4.79 Å². The molecule has 4 amide bonds. The zero-order valence-electron chi connectivity index (χ0n) is 14.6. The van der Waals surface area contributed by atoms with Crippen LogP contribution in [-0.2, 0) is 9.59 Å². The van der Waals surface area contributed by atoms with E-state index in [2.05, 4.69) is 19.2 Å². The minimum absolute atomic E-state index is 0.0618. The molecule has 3 rings (SSSR count). The number of hydrogen-bond acceptors (Lipinski definition) is 4. The van der Waals surface area contributed by atoms with Gasteiger partial charge in [-0.15, -0.1) is 0 Å². The second-order valence-electron chi connectivity index (χ2n) is 8.17. The van der Waals surface area contributed by atoms with E-state index in [0.29, 0.717) is 38.4 Å². The molecule has 1 aliphatic carbocycles. The molecule has 7 nitrogen and oxygen atoms in total. The summed E-state index contributed by atoms with van der Waals surface area (Å²) >= 11 is 0. The number of rotatable bonds is 3. The molecule has 1 unspecified atom stereocenters. The molecule has 0 aromatic heterocycles. The monoisotopic (exact) mass is 336 g/mol. The molecule has 0 aromatic carbocycles. The van der Waals surface area contributed by atoms with Crippen molar-refractivity contribution in [3.8, 4) is 0 Å². The molecule has 2 heterocycles. The van der Waals surface area contributed by atoms with Crippen molar-refractivity contribution in [3.05, 3.63) is 0 Å². The summed E-state index contributed by atoms with van der Waals surface area (Å²) in [6.07, 6.45) is 4.04. The SMILES string of the molecule is CC1CCC2(CC1)NC(=O)N(CC(=O)N1CCC(C)(CN)C1)C2=O. The van der Waals surface area contributed by atoms with Crippen LogP contribution in [0.1, 0.15) is 46.0 Å². The summed E-state index contributed by atoms with van der Waals surface area (Å²) < 4.78 is 0. The highest BCUT2D eigenvalue weighted by molar-refractivity contribution is 6.09. The van der Waals surface area contributed by atoms with Crippen LogP contribution in [-0.4, -0.2) is 59.4 Å². The Morgan fingerprint density at radius 2 is 1.96 bits per heavy atom. The van der Waals surface area contributed by atoms with Gasteiger partial charge in [0.2, 0.25) is 5.91 Å². The molecule has 24 heavy (non-hydrogen) atoms. The molecule has 7 heteroatoms. The van der Waals surface area contributed by atoms with Crippen LogP contribution in [0.3, 0.4) is 0 Å². The average molecular weight is 336 g/mol. The third-order valence-electron chi connectivity index (χ3n) is 6.07. The highest BCUT2D eigenvalue weighted by atomic mass is 16.2. The number of nitrogens with two attached hydrogens (primary N) is 1. The van der Waals surface area contributed by atoms with Crippen molar-refractivity contribution in [2.45, 2.75) is 51.5 Å². The van der Waals surface area contributed by atoms with Crippen molar-refractivity contribution < 1.29 is 14.4 Å². The van der Waals surface area contributed by atoms with Crippen LogP contribution in [0.4, 0.5) is 4.79 Å². The normalized spacial score (nSPS) is 36.5. The van der Waals surface area contributed by atoms with E-state index in [1.807, 2.05) is 0 Å². The molecule has 0 radical (unpaired) electrons. The Balaban J connectivity index is 1.64. The van der Waals surface area contributed by atoms with Crippen molar-refractivity contribution in [2.24, 2.45) is 17.1 Å². The van der Waals surface area contributed by atoms with Crippen molar-refractivity contribution in [3.63, 3.8) is 0 Å². The number of urea groups is 1. The lowest BCUT2D eigenvalue weighted by Gasteiger charge is -2.33. The molecule has 2 aliphatic heterocycles. The van der Waals surface area contributed by atoms with Crippen LogP contribution in [0, 0.1) is 11.3 Å². The topological polar surface area (TPSA) is 95.7 Å². The van der Waals surface area contributed by atoms with Gasteiger partial charge in [-0.1, -0.05) is 13.8 Å². The van der Waals surface area contributed by atoms with E-state index in [-0.39, 0.29) is 23.8 Å². The molecular formula is C17H28N4O3. The number of likely N-dealkylation sites (tertiary alicyclic amines) is 1. The van der Waals surface area contributed by atoms with Gasteiger partial charge >= 0.3 is 6.03 Å². The lowest BCUT2D eigenvalue weighted by molar-refractivity contribution is -0.139. The third-order valence-corrected chi connectivity index (χ3v) is 6.07. The van der Waals surface area contributed by atoms with E-state index in [0.717, 1.165) is 24.2 Å². The summed E-state index contributed by atoms with van der Waals surface area (Å²) in [5.74, 6) is 0.181. The van der Waals surface area contributed by atoms with E-state index >= 15 is 0 Å². The van der Waals surface area contributed by atoms with Crippen LogP contribution < -0.4 is 11.1 Å². The van der Waals surface area contributed by atoms with Crippen LogP contribution in [0.15, 0.2) is 0 Å². The minimum atomic E-state index is -0.777. The Labute approximate surface area is 142 Å². The maximum atomic E-state index is 12.8. The first-order valence-electron chi connectivity index (χ1n) is 8.91. The summed E-state index contributed by atoms with van der Waals surface area (Å²) in [5.41, 5.74) is 4.94. The fourth-order valence-corrected chi connectivity index (χ4v) is 4.05. The number of nitrogens with one attached hydrogen (secondary N) is 1. The van der Waals surface area contributed by atoms with Crippen molar-refractivity contribution >= 4 is 17.8 Å². The summed E-state index contributed by atoms with van der Waals surface area (Å²) in [7, 11) is 0. The summed E-state index contributed by atoms with van der Waals surface area (Å²) in [6.45, 7) is 5.82. The quantitative estimate of drug-likeness (QED) is 0.741. The van der Waals surface area contributed by atoms with Crippen LogP contribution >= 0.6 is 0 Å². The second kappa shape index (κ2) is 6.02. The third kappa shape index (κ3) is 2.90. The number of carbonyl (C=O) groups is 3. The Kier molecular flexibility index (Phi) is 4.32. The van der Waals surface area contributed by atoms with Crippen molar-refractivity contribution in [1.82, 2.24) is 15.1 Å². The Hall–Kier alpha value is -1.63. The number of nitrogens with zero attached hydrogens (tertiary/aromatic N) is 2. The zero-order valence-corrected chi connectivity index (χ0v) is 14.6. The van der Waals surface area contributed by atoms with E-state index in [1.165, 1.54) is 0 Å². The van der Waals surface area contributed by atoms with E-state index < -0.39 is 11.6 Å². The molecule has 134 valence electrons. The summed E-state index contributed by atoms with van der Waals surface area (Å²) in [6, 6.07) is -0.427. The van der Waals surface area contributed by atoms with Crippen LogP contribution in [0.25, 0.3) is 0 Å². The van der Waals surface area contributed by atoms with Gasteiger partial charge in [-0.3, -0.25) is 14.5 Å². The summed E-state index contributed by atoms with van der Waals surface area (Å²) in [4.78, 5) is 40.4. The molecule has 0 bridgehead atoms. The zero-order chi connectivity index (χ0) is 17.5. The van der Waals surface area contributed by atoms with Gasteiger partial charge in [0.15, 0.2) is 0 Å². The van der Waals surface area contributed by atoms with Gasteiger partial charge in [0, 0.05) is 13.1 Å². The molecule has 3 N–H and O–H groups in total. The van der Waals surface area contributed by atoms with Gasteiger partial charge in [-0.2, -0.15) is 0 Å². The Morgan fingerprint density at radius 3 is 2.54 bits per heavy atom. The molecule has 3 fully saturated rings. The molecule has 0 aromatic rings. The van der Waals surface area contributed by atoms with Gasteiger partial charge in [0.25, 0.3) is 5.91 Å². The maximum absolute atomic E-state index is 12.8. The highest BCUT2D eigenvalue weighted by Crippen LogP contribution is 2.36. The van der Waals surface area contributed by atoms with Crippen LogP contribution in [0.2, 0.25) is 0 Å². The predicted molar refractivity (Wildman–Crippen MR) is 89.0 cm³/mol. The number of carbonyl (C=O) groups excluding carboxylic acids is 3. The first-order chi connectivity index (χ1) is 11.3. The maximum Gasteiger partial charge on any atom is 0.325 e. The van der Waals surface area contributed by atoms with Gasteiger partial charge in [0.05, 0.1) is 0 Å². The van der Waals surface area contributed by atoms with E-state index in [1.54, 1.807) is 4.90 Å². The minimum Gasteiger partial charge on any atom is -0.341 e. The molecule has 1 spiro atoms. The average Bonchev–Trinajstić information content (AvgIpc) is 3.06. The first-order valence-corrected chi connectivity index (χ1v) is 8.91. The fourth-order valence-electron chi connectivity index (χ4n) is 4.05. The van der Waals surface area contributed by atoms with Gasteiger partial charge < -0.3 is 16.0 Å². The predicted octanol–water partition coefficient (Wildman–Crippen LogP) is 0.684. The van der Waals surface area contributed by atoms with E-state index in [4.69, 9.17) is 5.73 Å². The first kappa shape index (κ1) is 17.2. The van der Waals surface area contributed by atoms with Gasteiger partial charge in [0.1, 0.15) is 12.1 Å². The number of hydrogen-bond donors (Lipinski definition) is 2. The smallest absolute Gasteiger partial charge is 0.325 e. The Bertz CT molecular complexity index is 556.